The highest BCUT2D eigenvalue weighted by Crippen LogP contribution is 1.94. The molecule has 6 heteroatoms. The Morgan fingerprint density at radius 3 is 2.63 bits per heavy atom. The number of nitrogens with zero attached hydrogens (tertiary/aromatic N) is 2. The van der Waals surface area contributed by atoms with Crippen LogP contribution >= 0.6 is 0 Å². The van der Waals surface area contributed by atoms with Crippen molar-refractivity contribution in [1.82, 2.24) is 20.5 Å². The van der Waals surface area contributed by atoms with Crippen LogP contribution in [-0.2, 0) is 16.1 Å². The average molecular weight is 264 g/mol. The van der Waals surface area contributed by atoms with Crippen molar-refractivity contribution >= 4 is 11.8 Å². The van der Waals surface area contributed by atoms with Crippen LogP contribution in [0, 0.1) is 0 Å². The number of pyridine rings is 1. The van der Waals surface area contributed by atoms with Gasteiger partial charge in [0, 0.05) is 32.0 Å². The number of hydrogen-bond donors (Lipinski definition) is 2. The van der Waals surface area contributed by atoms with Gasteiger partial charge < -0.3 is 15.5 Å². The summed E-state index contributed by atoms with van der Waals surface area (Å²) in [4.78, 5) is 28.9. The van der Waals surface area contributed by atoms with Crippen molar-refractivity contribution in [3.8, 4) is 0 Å². The number of hydrogen-bond acceptors (Lipinski definition) is 4. The van der Waals surface area contributed by atoms with E-state index in [2.05, 4.69) is 15.6 Å². The van der Waals surface area contributed by atoms with Crippen molar-refractivity contribution in [1.29, 1.82) is 0 Å². The van der Waals surface area contributed by atoms with E-state index >= 15 is 0 Å². The molecule has 0 spiro atoms. The summed E-state index contributed by atoms with van der Waals surface area (Å²) in [6, 6.07) is 3.67. The molecule has 0 aliphatic rings. The molecule has 104 valence electrons. The molecule has 0 unspecified atom stereocenters. The molecule has 19 heavy (non-hydrogen) atoms. The van der Waals surface area contributed by atoms with E-state index in [0.29, 0.717) is 13.1 Å². The lowest BCUT2D eigenvalue weighted by molar-refractivity contribution is -0.129. The van der Waals surface area contributed by atoms with Gasteiger partial charge >= 0.3 is 0 Å². The van der Waals surface area contributed by atoms with Gasteiger partial charge in [0.15, 0.2) is 0 Å². The predicted molar refractivity (Wildman–Crippen MR) is 72.3 cm³/mol. The summed E-state index contributed by atoms with van der Waals surface area (Å²) in [5, 5.41) is 5.37. The van der Waals surface area contributed by atoms with E-state index in [1.165, 1.54) is 0 Å². The van der Waals surface area contributed by atoms with E-state index in [9.17, 15) is 9.59 Å². The van der Waals surface area contributed by atoms with Gasteiger partial charge in [0.05, 0.1) is 0 Å². The van der Waals surface area contributed by atoms with Crippen LogP contribution in [0.15, 0.2) is 24.5 Å². The fourth-order valence-electron chi connectivity index (χ4n) is 1.39. The Hall–Kier alpha value is -1.95. The lowest BCUT2D eigenvalue weighted by atomic mass is 10.3. The molecule has 1 rings (SSSR count). The second-order valence-corrected chi connectivity index (χ2v) is 4.47. The Labute approximate surface area is 113 Å². The highest BCUT2D eigenvalue weighted by molar-refractivity contribution is 5.96. The molecule has 0 fully saturated rings. The lowest BCUT2D eigenvalue weighted by Crippen LogP contribution is -2.35. The zero-order valence-electron chi connectivity index (χ0n) is 11.3. The lowest BCUT2D eigenvalue weighted by Gasteiger charge is -2.10. The van der Waals surface area contributed by atoms with Crippen LogP contribution in [0.5, 0.6) is 0 Å². The van der Waals surface area contributed by atoms with Gasteiger partial charge in [-0.25, -0.2) is 0 Å². The fourth-order valence-corrected chi connectivity index (χ4v) is 1.39. The summed E-state index contributed by atoms with van der Waals surface area (Å²) in [5.41, 5.74) is 0.906. The van der Waals surface area contributed by atoms with Crippen LogP contribution < -0.4 is 10.6 Å². The molecule has 1 aromatic rings. The first-order valence-electron chi connectivity index (χ1n) is 6.15. The maximum atomic E-state index is 11.5. The summed E-state index contributed by atoms with van der Waals surface area (Å²) in [6.45, 7) is 1.68. The quantitative estimate of drug-likeness (QED) is 0.667. The number of amides is 2. The largest absolute Gasteiger partial charge is 0.354 e. The van der Waals surface area contributed by atoms with Gasteiger partial charge in [0.2, 0.25) is 11.8 Å². The highest BCUT2D eigenvalue weighted by Gasteiger charge is 2.08. The van der Waals surface area contributed by atoms with E-state index in [1.54, 1.807) is 18.5 Å². The van der Waals surface area contributed by atoms with Gasteiger partial charge in [-0.05, 0) is 25.7 Å². The van der Waals surface area contributed by atoms with Crippen molar-refractivity contribution in [2.75, 3.05) is 27.2 Å². The van der Waals surface area contributed by atoms with Crippen molar-refractivity contribution in [2.45, 2.75) is 13.0 Å². The molecule has 2 amide bonds. The Bertz CT molecular complexity index is 406. The third-order valence-corrected chi connectivity index (χ3v) is 2.41. The van der Waals surface area contributed by atoms with Crippen LogP contribution in [0.4, 0.5) is 0 Å². The van der Waals surface area contributed by atoms with Crippen LogP contribution in [0.2, 0.25) is 0 Å². The Morgan fingerprint density at radius 2 is 2.00 bits per heavy atom. The summed E-state index contributed by atoms with van der Waals surface area (Å²) in [7, 11) is 3.85. The monoisotopic (exact) mass is 264 g/mol. The summed E-state index contributed by atoms with van der Waals surface area (Å²) < 4.78 is 0. The maximum absolute atomic E-state index is 11.5. The Morgan fingerprint density at radius 1 is 1.26 bits per heavy atom. The summed E-state index contributed by atoms with van der Waals surface area (Å²) in [5.74, 6) is -0.545. The van der Waals surface area contributed by atoms with E-state index in [1.807, 2.05) is 25.1 Å². The van der Waals surface area contributed by atoms with Crippen molar-refractivity contribution in [2.24, 2.45) is 0 Å². The fraction of sp³-hybridized carbons (Fsp3) is 0.462. The number of carbonyl (C=O) groups excluding carboxylic acids is 2. The zero-order valence-corrected chi connectivity index (χ0v) is 11.3. The summed E-state index contributed by atoms with van der Waals surface area (Å²) in [6.07, 6.45) is 3.20. The van der Waals surface area contributed by atoms with Crippen LogP contribution in [0.25, 0.3) is 0 Å². The first kappa shape index (κ1) is 15.1. The standard InChI is InChI=1S/C13H20N4O2/c1-17(2)7-6-15-12(18)8-13(19)16-10-11-4-3-5-14-9-11/h3-5,9H,6-8,10H2,1-2H3,(H,15,18)(H,16,19). The van der Waals surface area contributed by atoms with Crippen LogP contribution in [0.1, 0.15) is 12.0 Å². The second kappa shape index (κ2) is 8.20. The number of carbonyl (C=O) groups is 2. The molecule has 0 bridgehead atoms. The molecule has 0 aliphatic heterocycles. The van der Waals surface area contributed by atoms with Gasteiger partial charge in [-0.1, -0.05) is 6.07 Å². The third kappa shape index (κ3) is 7.15. The number of likely N-dealkylation sites (N-methyl/N-ethyl adjacent to an activating group) is 1. The predicted octanol–water partition coefficient (Wildman–Crippen LogP) is -0.234. The zero-order chi connectivity index (χ0) is 14.1. The molecule has 0 radical (unpaired) electrons. The minimum atomic E-state index is -0.286. The van der Waals surface area contributed by atoms with Gasteiger partial charge in [0.25, 0.3) is 0 Å². The molecule has 0 atom stereocenters. The normalized spacial score (nSPS) is 10.3. The highest BCUT2D eigenvalue weighted by atomic mass is 16.2. The molecular formula is C13H20N4O2. The number of aromatic nitrogens is 1. The molecule has 6 nitrogen and oxygen atoms in total. The van der Waals surface area contributed by atoms with Gasteiger partial charge in [-0.15, -0.1) is 0 Å². The first-order chi connectivity index (χ1) is 9.08. The SMILES string of the molecule is CN(C)CCNC(=O)CC(=O)NCc1cccnc1. The van der Waals surface area contributed by atoms with Crippen LogP contribution in [-0.4, -0.2) is 48.9 Å². The Kier molecular flexibility index (Phi) is 6.52. The van der Waals surface area contributed by atoms with E-state index in [-0.39, 0.29) is 18.2 Å². The van der Waals surface area contributed by atoms with Crippen molar-refractivity contribution in [3.05, 3.63) is 30.1 Å². The van der Waals surface area contributed by atoms with Gasteiger partial charge in [-0.3, -0.25) is 14.6 Å². The number of nitrogens with one attached hydrogen (secondary N) is 2. The maximum Gasteiger partial charge on any atom is 0.229 e. The first-order valence-corrected chi connectivity index (χ1v) is 6.15. The molecule has 1 aromatic heterocycles. The Balaban J connectivity index is 2.18. The minimum Gasteiger partial charge on any atom is -0.354 e. The van der Waals surface area contributed by atoms with Crippen LogP contribution in [0.3, 0.4) is 0 Å². The molecule has 0 saturated heterocycles. The second-order valence-electron chi connectivity index (χ2n) is 4.47. The van der Waals surface area contributed by atoms with E-state index in [0.717, 1.165) is 12.1 Å². The average Bonchev–Trinajstić information content (AvgIpc) is 2.37. The molecule has 2 N–H and O–H groups in total. The van der Waals surface area contributed by atoms with Crippen molar-refractivity contribution < 1.29 is 9.59 Å². The van der Waals surface area contributed by atoms with Gasteiger partial charge in [-0.2, -0.15) is 0 Å². The molecular weight excluding hydrogens is 244 g/mol. The molecule has 0 aliphatic carbocycles. The van der Waals surface area contributed by atoms with Crippen molar-refractivity contribution in [3.63, 3.8) is 0 Å². The topological polar surface area (TPSA) is 74.3 Å². The minimum absolute atomic E-state index is 0.145. The smallest absolute Gasteiger partial charge is 0.229 e. The number of rotatable bonds is 7. The molecule has 0 saturated carbocycles. The summed E-state index contributed by atoms with van der Waals surface area (Å²) >= 11 is 0. The molecule has 0 aromatic carbocycles. The van der Waals surface area contributed by atoms with Gasteiger partial charge in [0.1, 0.15) is 6.42 Å². The van der Waals surface area contributed by atoms with E-state index < -0.39 is 0 Å². The third-order valence-electron chi connectivity index (χ3n) is 2.41. The van der Waals surface area contributed by atoms with E-state index in [4.69, 9.17) is 0 Å². The molecule has 1 heterocycles.